The molecular formula is C25H28BN2O4. The minimum absolute atomic E-state index is 0.195. The number of hydrogen-bond acceptors (Lipinski definition) is 4. The summed E-state index contributed by atoms with van der Waals surface area (Å²) in [6.45, 7) is 9.98. The largest absolute Gasteiger partial charge is 0.325 e. The first kappa shape index (κ1) is 22.2. The molecule has 4 rings (SSSR count). The van der Waals surface area contributed by atoms with Crippen LogP contribution in [0.5, 0.6) is 0 Å². The van der Waals surface area contributed by atoms with Crippen LogP contribution >= 0.6 is 0 Å². The molecule has 7 heteroatoms. The summed E-state index contributed by atoms with van der Waals surface area (Å²) in [6, 6.07) is 6.29. The second-order valence-electron chi connectivity index (χ2n) is 8.99. The van der Waals surface area contributed by atoms with Gasteiger partial charge in [0, 0.05) is 39.1 Å². The number of imide groups is 2. The highest BCUT2D eigenvalue weighted by Crippen LogP contribution is 2.40. The predicted molar refractivity (Wildman–Crippen MR) is 124 cm³/mol. The van der Waals surface area contributed by atoms with Gasteiger partial charge in [-0.15, -0.1) is 0 Å². The Balaban J connectivity index is 1.90. The van der Waals surface area contributed by atoms with Crippen molar-refractivity contribution < 1.29 is 19.2 Å². The van der Waals surface area contributed by atoms with Crippen molar-refractivity contribution in [2.75, 3.05) is 0 Å². The molecule has 6 nitrogen and oxygen atoms in total. The fourth-order valence-electron chi connectivity index (χ4n) is 4.76. The molecule has 0 aromatic heterocycles. The molecule has 0 bridgehead atoms. The molecule has 165 valence electrons. The molecule has 0 saturated heterocycles. The minimum Gasteiger partial charge on any atom is -0.325 e. The summed E-state index contributed by atoms with van der Waals surface area (Å²) >= 11 is 0. The van der Waals surface area contributed by atoms with Gasteiger partial charge in [0.25, 0.3) is 19.2 Å². The summed E-state index contributed by atoms with van der Waals surface area (Å²) < 4.78 is 0. The van der Waals surface area contributed by atoms with E-state index in [1.54, 1.807) is 31.7 Å². The van der Waals surface area contributed by atoms with Gasteiger partial charge >= 0.3 is 0 Å². The molecule has 2 aliphatic heterocycles. The van der Waals surface area contributed by atoms with E-state index in [1.807, 2.05) is 34.6 Å². The Bertz CT molecular complexity index is 1090. The van der Waals surface area contributed by atoms with Crippen molar-refractivity contribution in [2.45, 2.75) is 71.7 Å². The van der Waals surface area contributed by atoms with E-state index in [9.17, 15) is 19.2 Å². The molecule has 2 aromatic carbocycles. The smallest absolute Gasteiger partial charge is 0.267 e. The number of rotatable bonds is 7. The normalized spacial score (nSPS) is 15.9. The van der Waals surface area contributed by atoms with E-state index < -0.39 is 11.8 Å². The van der Waals surface area contributed by atoms with E-state index >= 15 is 0 Å². The van der Waals surface area contributed by atoms with Gasteiger partial charge in [-0.1, -0.05) is 47.5 Å². The Morgan fingerprint density at radius 2 is 1.09 bits per heavy atom. The monoisotopic (exact) mass is 431 g/mol. The highest BCUT2D eigenvalue weighted by Gasteiger charge is 2.42. The maximum Gasteiger partial charge on any atom is 0.267 e. The zero-order valence-electron chi connectivity index (χ0n) is 19.3. The SMILES string of the molecule is CCC(CC)N1C(=O)c2ccc3c4c(ccc(c24)C1=O)C(=O)N([B]C(C)(CC)CC)C3=O. The summed E-state index contributed by atoms with van der Waals surface area (Å²) in [4.78, 5) is 55.9. The fourth-order valence-corrected chi connectivity index (χ4v) is 4.76. The minimum atomic E-state index is -0.415. The third-order valence-corrected chi connectivity index (χ3v) is 7.32. The molecule has 0 unspecified atom stereocenters. The molecule has 2 aromatic rings. The van der Waals surface area contributed by atoms with Gasteiger partial charge in [0.2, 0.25) is 11.8 Å². The van der Waals surface area contributed by atoms with Gasteiger partial charge < -0.3 is 4.81 Å². The molecule has 0 atom stereocenters. The Morgan fingerprint density at radius 3 is 1.44 bits per heavy atom. The number of amides is 4. The number of hydrogen-bond donors (Lipinski definition) is 0. The lowest BCUT2D eigenvalue weighted by atomic mass is 9.56. The third-order valence-electron chi connectivity index (χ3n) is 7.32. The first-order valence-corrected chi connectivity index (χ1v) is 11.4. The van der Waals surface area contributed by atoms with E-state index in [0.717, 1.165) is 12.8 Å². The Kier molecular flexibility index (Phi) is 5.47. The standard InChI is InChI=1S/C25H28BN2O4/c1-6-14(7-2)27-21(29)15-10-12-17-20-18(13-11-16(19(15)20)22(27)30)24(32)28(23(17)31)26-25(5,8-3)9-4/h10-14H,6-9H2,1-5H3. The number of carbonyl (C=O) groups excluding carboxylic acids is 4. The van der Waals surface area contributed by atoms with Crippen LogP contribution in [0.4, 0.5) is 0 Å². The second kappa shape index (κ2) is 7.87. The van der Waals surface area contributed by atoms with Crippen molar-refractivity contribution in [2.24, 2.45) is 0 Å². The average Bonchev–Trinajstić information content (AvgIpc) is 2.81. The summed E-state index contributed by atoms with van der Waals surface area (Å²) in [7, 11) is 1.73. The summed E-state index contributed by atoms with van der Waals surface area (Å²) in [5.41, 5.74) is 1.44. The highest BCUT2D eigenvalue weighted by molar-refractivity contribution is 6.51. The molecule has 0 aliphatic carbocycles. The lowest BCUT2D eigenvalue weighted by Crippen LogP contribution is -2.48. The van der Waals surface area contributed by atoms with Gasteiger partial charge in [0.15, 0.2) is 0 Å². The lowest BCUT2D eigenvalue weighted by molar-refractivity contribution is 0.0527. The van der Waals surface area contributed by atoms with Crippen LogP contribution in [0.25, 0.3) is 10.8 Å². The van der Waals surface area contributed by atoms with Crippen LogP contribution in [0.1, 0.15) is 102 Å². The van der Waals surface area contributed by atoms with Crippen LogP contribution in [0.15, 0.2) is 24.3 Å². The van der Waals surface area contributed by atoms with Crippen LogP contribution in [0.2, 0.25) is 5.31 Å². The molecule has 1 radical (unpaired) electrons. The van der Waals surface area contributed by atoms with Crippen molar-refractivity contribution in [3.63, 3.8) is 0 Å². The first-order chi connectivity index (χ1) is 15.2. The van der Waals surface area contributed by atoms with Crippen LogP contribution in [0.3, 0.4) is 0 Å². The molecule has 0 saturated carbocycles. The van der Waals surface area contributed by atoms with Crippen molar-refractivity contribution in [3.8, 4) is 0 Å². The van der Waals surface area contributed by atoms with E-state index in [4.69, 9.17) is 0 Å². The van der Waals surface area contributed by atoms with E-state index in [2.05, 4.69) is 0 Å². The van der Waals surface area contributed by atoms with Crippen molar-refractivity contribution in [1.29, 1.82) is 0 Å². The Morgan fingerprint density at radius 1 is 0.719 bits per heavy atom. The van der Waals surface area contributed by atoms with E-state index in [1.165, 1.54) is 9.71 Å². The molecule has 0 fully saturated rings. The van der Waals surface area contributed by atoms with Crippen molar-refractivity contribution in [3.05, 3.63) is 46.5 Å². The first-order valence-electron chi connectivity index (χ1n) is 11.4. The quantitative estimate of drug-likeness (QED) is 0.465. The summed E-state index contributed by atoms with van der Waals surface area (Å²) in [6.07, 6.45) is 2.90. The number of nitrogens with zero attached hydrogens (tertiary/aromatic N) is 2. The van der Waals surface area contributed by atoms with Crippen LogP contribution < -0.4 is 0 Å². The zero-order valence-corrected chi connectivity index (χ0v) is 19.3. The van der Waals surface area contributed by atoms with Gasteiger partial charge in [0.05, 0.1) is 0 Å². The zero-order chi connectivity index (χ0) is 23.4. The van der Waals surface area contributed by atoms with Crippen molar-refractivity contribution >= 4 is 41.8 Å². The molecular weight excluding hydrogens is 403 g/mol. The van der Waals surface area contributed by atoms with Gasteiger partial charge in [0.1, 0.15) is 0 Å². The molecule has 2 aliphatic rings. The lowest BCUT2D eigenvalue weighted by Gasteiger charge is -2.36. The molecule has 0 N–H and O–H groups in total. The van der Waals surface area contributed by atoms with E-state index in [-0.39, 0.29) is 23.2 Å². The van der Waals surface area contributed by atoms with Crippen LogP contribution in [-0.4, -0.2) is 46.8 Å². The number of carbonyl (C=O) groups is 4. The third kappa shape index (κ3) is 3.01. The van der Waals surface area contributed by atoms with Crippen LogP contribution in [0, 0.1) is 0 Å². The fraction of sp³-hybridized carbons (Fsp3) is 0.440. The van der Waals surface area contributed by atoms with E-state index in [0.29, 0.717) is 45.9 Å². The molecule has 4 amide bonds. The topological polar surface area (TPSA) is 74.8 Å². The predicted octanol–water partition coefficient (Wildman–Crippen LogP) is 4.84. The molecule has 0 spiro atoms. The average molecular weight is 431 g/mol. The van der Waals surface area contributed by atoms with Gasteiger partial charge in [-0.25, -0.2) is 0 Å². The van der Waals surface area contributed by atoms with Gasteiger partial charge in [-0.05, 0) is 42.4 Å². The summed E-state index contributed by atoms with van der Waals surface area (Å²) in [5, 5.41) is 0.544. The highest BCUT2D eigenvalue weighted by atomic mass is 16.2. The van der Waals surface area contributed by atoms with Crippen molar-refractivity contribution in [1.82, 2.24) is 9.71 Å². The van der Waals surface area contributed by atoms with Gasteiger partial charge in [-0.2, -0.15) is 0 Å². The summed E-state index contributed by atoms with van der Waals surface area (Å²) in [5.74, 6) is -1.56. The Labute approximate surface area is 189 Å². The van der Waals surface area contributed by atoms with Crippen LogP contribution in [-0.2, 0) is 0 Å². The Hall–Kier alpha value is -2.96. The maximum atomic E-state index is 13.4. The molecule has 2 heterocycles. The second-order valence-corrected chi connectivity index (χ2v) is 8.99. The number of benzene rings is 2. The molecule has 32 heavy (non-hydrogen) atoms. The van der Waals surface area contributed by atoms with Gasteiger partial charge in [-0.3, -0.25) is 24.1 Å². The maximum absolute atomic E-state index is 13.4.